The molecule has 1 saturated heterocycles. The third-order valence-corrected chi connectivity index (χ3v) is 3.77. The zero-order chi connectivity index (χ0) is 12.7. The van der Waals surface area contributed by atoms with Gasteiger partial charge in [-0.05, 0) is 25.0 Å². The Morgan fingerprint density at radius 1 is 1.56 bits per heavy atom. The van der Waals surface area contributed by atoms with Gasteiger partial charge in [0.2, 0.25) is 5.91 Å². The van der Waals surface area contributed by atoms with E-state index in [1.165, 1.54) is 4.57 Å². The number of carbonyl (C=O) groups excluding carboxylic acids is 1. The Kier molecular flexibility index (Phi) is 2.70. The van der Waals surface area contributed by atoms with E-state index < -0.39 is 0 Å². The van der Waals surface area contributed by atoms with Gasteiger partial charge in [-0.3, -0.25) is 9.59 Å². The van der Waals surface area contributed by atoms with E-state index in [9.17, 15) is 9.59 Å². The second kappa shape index (κ2) is 4.24. The molecule has 0 aromatic carbocycles. The summed E-state index contributed by atoms with van der Waals surface area (Å²) >= 11 is 0. The largest absolute Gasteiger partial charge is 0.377 e. The van der Waals surface area contributed by atoms with Crippen molar-refractivity contribution in [3.05, 3.63) is 28.7 Å². The van der Waals surface area contributed by atoms with Crippen LogP contribution >= 0.6 is 0 Å². The third kappa shape index (κ3) is 1.84. The molecule has 5 heteroatoms. The summed E-state index contributed by atoms with van der Waals surface area (Å²) in [5.41, 5.74) is 0.157. The molecule has 0 bridgehead atoms. The van der Waals surface area contributed by atoms with Crippen LogP contribution in [0.3, 0.4) is 0 Å². The number of aryl methyl sites for hydroxylation is 1. The monoisotopic (exact) mass is 248 g/mol. The third-order valence-electron chi connectivity index (χ3n) is 3.77. The lowest BCUT2D eigenvalue weighted by Gasteiger charge is -2.07. The summed E-state index contributed by atoms with van der Waals surface area (Å²) in [5.74, 6) is 0.193. The summed E-state index contributed by atoms with van der Waals surface area (Å²) in [6.07, 6.45) is 3.82. The molecule has 96 valence electrons. The van der Waals surface area contributed by atoms with E-state index in [0.29, 0.717) is 11.6 Å². The number of amides is 1. The lowest BCUT2D eigenvalue weighted by atomic mass is 10.2. The summed E-state index contributed by atoms with van der Waals surface area (Å²) in [6.45, 7) is 0.748. The van der Waals surface area contributed by atoms with Gasteiger partial charge in [0.25, 0.3) is 5.56 Å². The SMILES string of the molecule is Cn1cccc(NC(=O)[C@H]2[C@@H]3CCCO[C@@H]32)c1=O. The van der Waals surface area contributed by atoms with Gasteiger partial charge < -0.3 is 14.6 Å². The highest BCUT2D eigenvalue weighted by Gasteiger charge is 2.56. The van der Waals surface area contributed by atoms with Gasteiger partial charge in [-0.2, -0.15) is 0 Å². The van der Waals surface area contributed by atoms with Crippen molar-refractivity contribution in [3.63, 3.8) is 0 Å². The van der Waals surface area contributed by atoms with Crippen molar-refractivity contribution in [2.24, 2.45) is 18.9 Å². The van der Waals surface area contributed by atoms with Crippen LogP contribution in [-0.2, 0) is 16.6 Å². The quantitative estimate of drug-likeness (QED) is 0.840. The molecule has 1 aliphatic heterocycles. The Hall–Kier alpha value is -1.62. The molecule has 18 heavy (non-hydrogen) atoms. The first-order valence-electron chi connectivity index (χ1n) is 6.26. The maximum atomic E-state index is 12.1. The first-order valence-corrected chi connectivity index (χ1v) is 6.26. The number of carbonyl (C=O) groups is 1. The summed E-state index contributed by atoms with van der Waals surface area (Å²) in [7, 11) is 1.66. The fourth-order valence-corrected chi connectivity index (χ4v) is 2.70. The molecule has 0 unspecified atom stereocenters. The predicted molar refractivity (Wildman–Crippen MR) is 66.3 cm³/mol. The molecular weight excluding hydrogens is 232 g/mol. The Bertz CT molecular complexity index is 525. The standard InChI is InChI=1S/C13H16N2O3/c1-15-6-2-5-9(13(15)17)14-12(16)10-8-4-3-7-18-11(8)10/h2,5-6,8,10-11H,3-4,7H2,1H3,(H,14,16)/t8-,10-,11-/m0/s1. The topological polar surface area (TPSA) is 60.3 Å². The van der Waals surface area contributed by atoms with Crippen LogP contribution in [0.2, 0.25) is 0 Å². The number of aromatic nitrogens is 1. The fraction of sp³-hybridized carbons (Fsp3) is 0.538. The molecule has 2 heterocycles. The molecule has 1 aliphatic carbocycles. The van der Waals surface area contributed by atoms with Gasteiger partial charge in [0, 0.05) is 25.8 Å². The van der Waals surface area contributed by atoms with Gasteiger partial charge in [-0.1, -0.05) is 0 Å². The molecule has 1 amide bonds. The second-order valence-corrected chi connectivity index (χ2v) is 4.99. The van der Waals surface area contributed by atoms with E-state index in [4.69, 9.17) is 4.74 Å². The zero-order valence-electron chi connectivity index (χ0n) is 10.3. The van der Waals surface area contributed by atoms with E-state index in [1.807, 2.05) is 0 Å². The lowest BCUT2D eigenvalue weighted by molar-refractivity contribution is -0.118. The van der Waals surface area contributed by atoms with Crippen LogP contribution in [0.4, 0.5) is 5.69 Å². The first kappa shape index (κ1) is 11.5. The Morgan fingerprint density at radius 3 is 3.11 bits per heavy atom. The molecule has 2 fully saturated rings. The van der Waals surface area contributed by atoms with Crippen molar-refractivity contribution in [2.75, 3.05) is 11.9 Å². The average Bonchev–Trinajstić information content (AvgIpc) is 3.09. The van der Waals surface area contributed by atoms with Crippen molar-refractivity contribution in [3.8, 4) is 0 Å². The number of nitrogens with zero attached hydrogens (tertiary/aromatic N) is 1. The van der Waals surface area contributed by atoms with Crippen molar-refractivity contribution >= 4 is 11.6 Å². The summed E-state index contributed by atoms with van der Waals surface area (Å²) < 4.78 is 6.98. The Morgan fingerprint density at radius 2 is 2.39 bits per heavy atom. The normalized spacial score (nSPS) is 29.5. The number of anilines is 1. The van der Waals surface area contributed by atoms with Crippen LogP contribution in [0.5, 0.6) is 0 Å². The maximum Gasteiger partial charge on any atom is 0.274 e. The molecule has 2 aliphatic rings. The average molecular weight is 248 g/mol. The van der Waals surface area contributed by atoms with Crippen LogP contribution in [0.25, 0.3) is 0 Å². The van der Waals surface area contributed by atoms with E-state index in [2.05, 4.69) is 5.32 Å². The Labute approximate surface area is 105 Å². The van der Waals surface area contributed by atoms with Gasteiger partial charge in [0.15, 0.2) is 0 Å². The molecule has 1 N–H and O–H groups in total. The number of nitrogens with one attached hydrogen (secondary N) is 1. The number of pyridine rings is 1. The van der Waals surface area contributed by atoms with Crippen molar-refractivity contribution in [1.29, 1.82) is 0 Å². The van der Waals surface area contributed by atoms with Gasteiger partial charge in [-0.25, -0.2) is 0 Å². The minimum absolute atomic E-state index is 0.0718. The summed E-state index contributed by atoms with van der Waals surface area (Å²) in [4.78, 5) is 23.8. The van der Waals surface area contributed by atoms with E-state index >= 15 is 0 Å². The number of hydrogen-bond acceptors (Lipinski definition) is 3. The van der Waals surface area contributed by atoms with Crippen molar-refractivity contribution < 1.29 is 9.53 Å². The molecule has 5 nitrogen and oxygen atoms in total. The minimum Gasteiger partial charge on any atom is -0.377 e. The van der Waals surface area contributed by atoms with Crippen LogP contribution in [-0.4, -0.2) is 23.2 Å². The van der Waals surface area contributed by atoms with Crippen LogP contribution in [0.1, 0.15) is 12.8 Å². The molecular formula is C13H16N2O3. The smallest absolute Gasteiger partial charge is 0.274 e. The van der Waals surface area contributed by atoms with Gasteiger partial charge in [-0.15, -0.1) is 0 Å². The van der Waals surface area contributed by atoms with Gasteiger partial charge in [0.1, 0.15) is 5.69 Å². The van der Waals surface area contributed by atoms with E-state index in [1.54, 1.807) is 25.4 Å². The number of fused-ring (bicyclic) bond motifs is 1. The second-order valence-electron chi connectivity index (χ2n) is 4.99. The highest BCUT2D eigenvalue weighted by Crippen LogP contribution is 2.48. The van der Waals surface area contributed by atoms with Gasteiger partial charge in [0.05, 0.1) is 12.0 Å². The molecule has 0 spiro atoms. The number of hydrogen-bond donors (Lipinski definition) is 1. The molecule has 3 rings (SSSR count). The number of ether oxygens (including phenoxy) is 1. The van der Waals surface area contributed by atoms with E-state index in [-0.39, 0.29) is 23.5 Å². The summed E-state index contributed by atoms with van der Waals surface area (Å²) in [6, 6.07) is 3.38. The molecule has 0 radical (unpaired) electrons. The van der Waals surface area contributed by atoms with Crippen molar-refractivity contribution in [1.82, 2.24) is 4.57 Å². The van der Waals surface area contributed by atoms with Crippen LogP contribution in [0.15, 0.2) is 23.1 Å². The summed E-state index contributed by atoms with van der Waals surface area (Å²) in [5, 5.41) is 2.72. The molecule has 1 saturated carbocycles. The van der Waals surface area contributed by atoms with E-state index in [0.717, 1.165) is 19.4 Å². The van der Waals surface area contributed by atoms with Gasteiger partial charge >= 0.3 is 0 Å². The lowest BCUT2D eigenvalue weighted by Crippen LogP contribution is -2.25. The highest BCUT2D eigenvalue weighted by atomic mass is 16.5. The fourth-order valence-electron chi connectivity index (χ4n) is 2.70. The van der Waals surface area contributed by atoms with Crippen molar-refractivity contribution in [2.45, 2.75) is 18.9 Å². The molecule has 3 atom stereocenters. The zero-order valence-corrected chi connectivity index (χ0v) is 10.3. The predicted octanol–water partition coefficient (Wildman–Crippen LogP) is 0.749. The minimum atomic E-state index is -0.185. The maximum absolute atomic E-state index is 12.1. The Balaban J connectivity index is 1.72. The van der Waals surface area contributed by atoms with Crippen LogP contribution in [0, 0.1) is 11.8 Å². The van der Waals surface area contributed by atoms with Crippen LogP contribution < -0.4 is 10.9 Å². The highest BCUT2D eigenvalue weighted by molar-refractivity contribution is 5.95. The number of rotatable bonds is 2. The molecule has 1 aromatic rings. The molecule has 1 aromatic heterocycles. The first-order chi connectivity index (χ1) is 8.68.